The van der Waals surface area contributed by atoms with E-state index in [1.165, 1.54) is 18.7 Å². The number of fused-ring (bicyclic) bond motifs is 1. The van der Waals surface area contributed by atoms with E-state index in [0.29, 0.717) is 12.8 Å². The second kappa shape index (κ2) is 16.8. The van der Waals surface area contributed by atoms with Crippen molar-refractivity contribution in [2.75, 3.05) is 33.9 Å². The number of halogens is 1. The monoisotopic (exact) mass is 625 g/mol. The van der Waals surface area contributed by atoms with Gasteiger partial charge in [0.2, 0.25) is 0 Å². The number of aromatic nitrogens is 2. The highest BCUT2D eigenvalue weighted by molar-refractivity contribution is 6.27. The van der Waals surface area contributed by atoms with Crippen LogP contribution in [0.4, 0.5) is 4.39 Å². The highest BCUT2D eigenvalue weighted by Gasteiger charge is 2.47. The Bertz CT molecular complexity index is 1380. The van der Waals surface area contributed by atoms with Crippen molar-refractivity contribution in [1.82, 2.24) is 14.5 Å². The highest BCUT2D eigenvalue weighted by Crippen LogP contribution is 2.48. The number of hydrogen-bond donors (Lipinski definition) is 2. The highest BCUT2D eigenvalue weighted by atomic mass is 19.1. The molecule has 2 aromatic carbocycles. The molecule has 2 atom stereocenters. The van der Waals surface area contributed by atoms with Gasteiger partial charge in [0, 0.05) is 44.1 Å². The minimum atomic E-state index is -1.82. The van der Waals surface area contributed by atoms with Crippen LogP contribution in [-0.2, 0) is 36.7 Å². The van der Waals surface area contributed by atoms with Gasteiger partial charge in [-0.2, -0.15) is 0 Å². The number of methoxy groups -OCH3 is 1. The molecular formula is C34H44FN3O7. The van der Waals surface area contributed by atoms with Crippen LogP contribution >= 0.6 is 0 Å². The minimum absolute atomic E-state index is 0.00125. The number of rotatable bonds is 13. The molecule has 4 rings (SSSR count). The summed E-state index contributed by atoms with van der Waals surface area (Å²) in [5.41, 5.74) is 3.94. The van der Waals surface area contributed by atoms with Gasteiger partial charge in [0.05, 0.1) is 6.33 Å². The van der Waals surface area contributed by atoms with E-state index in [0.717, 1.165) is 55.6 Å². The SMILES string of the molecule is COCC(=O)O[C@]1(CCN(C)CCCCc2ccc(-n3ccnc3)cc2)CCc2cc(F)ccc2[C@@H]1C(C)C.O=C(O)C(=O)O. The smallest absolute Gasteiger partial charge is 0.414 e. The number of imidazole rings is 1. The van der Waals surface area contributed by atoms with E-state index < -0.39 is 17.5 Å². The Hall–Kier alpha value is -4.09. The fourth-order valence-corrected chi connectivity index (χ4v) is 6.12. The molecule has 0 spiro atoms. The van der Waals surface area contributed by atoms with Crippen LogP contribution in [0.15, 0.2) is 61.2 Å². The summed E-state index contributed by atoms with van der Waals surface area (Å²) in [6.07, 6.45) is 10.9. The van der Waals surface area contributed by atoms with Crippen LogP contribution in [-0.4, -0.2) is 82.0 Å². The van der Waals surface area contributed by atoms with Crippen molar-refractivity contribution in [2.45, 2.75) is 63.9 Å². The summed E-state index contributed by atoms with van der Waals surface area (Å²) in [7, 11) is 3.65. The average molecular weight is 626 g/mol. The molecule has 2 N–H and O–H groups in total. The molecule has 3 aromatic rings. The van der Waals surface area contributed by atoms with E-state index >= 15 is 0 Å². The zero-order valence-electron chi connectivity index (χ0n) is 26.4. The van der Waals surface area contributed by atoms with Crippen LogP contribution < -0.4 is 0 Å². The summed E-state index contributed by atoms with van der Waals surface area (Å²) >= 11 is 0. The van der Waals surface area contributed by atoms with Crippen molar-refractivity contribution in [1.29, 1.82) is 0 Å². The normalized spacial score (nSPS) is 17.4. The first-order valence-corrected chi connectivity index (χ1v) is 15.2. The molecule has 10 nitrogen and oxygen atoms in total. The number of aliphatic carboxylic acids is 2. The second-order valence-corrected chi connectivity index (χ2v) is 11.8. The summed E-state index contributed by atoms with van der Waals surface area (Å²) in [6, 6.07) is 13.7. The van der Waals surface area contributed by atoms with Gasteiger partial charge in [-0.3, -0.25) is 0 Å². The minimum Gasteiger partial charge on any atom is -0.473 e. The number of benzene rings is 2. The van der Waals surface area contributed by atoms with E-state index in [2.05, 4.69) is 55.0 Å². The van der Waals surface area contributed by atoms with Crippen LogP contribution in [0.5, 0.6) is 0 Å². The number of carbonyl (C=O) groups is 3. The molecule has 45 heavy (non-hydrogen) atoms. The quantitative estimate of drug-likeness (QED) is 0.151. The molecule has 0 saturated carbocycles. The lowest BCUT2D eigenvalue weighted by molar-refractivity contribution is -0.172. The number of aryl methyl sites for hydroxylation is 2. The standard InChI is InChI=1S/C32H42FN3O3.C2H2O4/c1-24(2)31-29-13-10-27(33)21-26(29)14-15-32(31,39-30(37)22-38-4)16-19-35(3)18-6-5-7-25-8-11-28(12-9-25)36-20-17-34-23-36;3-1(4)2(5)6/h8-13,17,20-21,23-24,31H,5-7,14-16,18-19,22H2,1-4H3;(H,3,4)(H,5,6)/t31-,32-;/m0./s1. The first-order chi connectivity index (χ1) is 21.5. The second-order valence-electron chi connectivity index (χ2n) is 11.8. The molecule has 1 heterocycles. The Kier molecular flexibility index (Phi) is 13.2. The third-order valence-corrected chi connectivity index (χ3v) is 8.16. The van der Waals surface area contributed by atoms with E-state index in [1.54, 1.807) is 12.3 Å². The maximum atomic E-state index is 14.0. The number of unbranched alkanes of at least 4 members (excludes halogenated alkanes) is 1. The summed E-state index contributed by atoms with van der Waals surface area (Å²) in [6.45, 7) is 6.05. The van der Waals surface area contributed by atoms with Gasteiger partial charge in [-0.15, -0.1) is 0 Å². The molecule has 1 aromatic heterocycles. The topological polar surface area (TPSA) is 131 Å². The summed E-state index contributed by atoms with van der Waals surface area (Å²) in [5.74, 6) is -3.97. The summed E-state index contributed by atoms with van der Waals surface area (Å²) in [4.78, 5) is 37.4. The van der Waals surface area contributed by atoms with Crippen molar-refractivity contribution in [2.24, 2.45) is 5.92 Å². The lowest BCUT2D eigenvalue weighted by Crippen LogP contribution is -2.49. The van der Waals surface area contributed by atoms with Gasteiger partial charge in [0.1, 0.15) is 18.0 Å². The Morgan fingerprint density at radius 1 is 1.09 bits per heavy atom. The predicted molar refractivity (Wildman–Crippen MR) is 167 cm³/mol. The number of nitrogens with zero attached hydrogens (tertiary/aromatic N) is 3. The van der Waals surface area contributed by atoms with Gasteiger partial charge in [-0.25, -0.2) is 23.8 Å². The van der Waals surface area contributed by atoms with E-state index in [-0.39, 0.29) is 30.2 Å². The van der Waals surface area contributed by atoms with Gasteiger partial charge >= 0.3 is 17.9 Å². The molecule has 1 aliphatic carbocycles. The number of carboxylic acids is 2. The Morgan fingerprint density at radius 2 is 1.80 bits per heavy atom. The van der Waals surface area contributed by atoms with Gasteiger partial charge in [-0.1, -0.05) is 32.0 Å². The van der Waals surface area contributed by atoms with Gasteiger partial charge in [0.25, 0.3) is 0 Å². The van der Waals surface area contributed by atoms with Gasteiger partial charge in [0.15, 0.2) is 0 Å². The number of hydrogen-bond acceptors (Lipinski definition) is 7. The predicted octanol–water partition coefficient (Wildman–Crippen LogP) is 5.13. The number of carboxylic acid groups (broad SMARTS) is 2. The molecule has 0 fully saturated rings. The molecule has 0 radical (unpaired) electrons. The molecule has 0 aliphatic heterocycles. The first-order valence-electron chi connectivity index (χ1n) is 15.2. The van der Waals surface area contributed by atoms with Crippen LogP contribution in [0.1, 0.15) is 62.1 Å². The summed E-state index contributed by atoms with van der Waals surface area (Å²) < 4.78 is 27.4. The van der Waals surface area contributed by atoms with Crippen molar-refractivity contribution < 1.29 is 38.5 Å². The molecule has 244 valence electrons. The van der Waals surface area contributed by atoms with Crippen molar-refractivity contribution in [3.63, 3.8) is 0 Å². The molecule has 0 saturated heterocycles. The molecular weight excluding hydrogens is 581 g/mol. The molecule has 11 heteroatoms. The third-order valence-electron chi connectivity index (χ3n) is 8.16. The van der Waals surface area contributed by atoms with Crippen LogP contribution in [0.25, 0.3) is 5.69 Å². The van der Waals surface area contributed by atoms with E-state index in [9.17, 15) is 9.18 Å². The van der Waals surface area contributed by atoms with E-state index in [1.807, 2.05) is 23.2 Å². The lowest BCUT2D eigenvalue weighted by atomic mass is 9.65. The van der Waals surface area contributed by atoms with Gasteiger partial charge in [-0.05, 0) is 92.6 Å². The Morgan fingerprint density at radius 3 is 2.40 bits per heavy atom. The lowest BCUT2D eigenvalue weighted by Gasteiger charge is -2.47. The molecule has 0 unspecified atom stereocenters. The molecule has 1 aliphatic rings. The molecule has 0 bridgehead atoms. The third kappa shape index (κ3) is 10.2. The number of ether oxygens (including phenoxy) is 2. The average Bonchev–Trinajstić information content (AvgIpc) is 3.54. The Balaban J connectivity index is 0.000000838. The van der Waals surface area contributed by atoms with Crippen LogP contribution in [0, 0.1) is 11.7 Å². The zero-order valence-corrected chi connectivity index (χ0v) is 26.4. The largest absolute Gasteiger partial charge is 0.473 e. The number of carbonyl (C=O) groups excluding carboxylic acids is 1. The van der Waals surface area contributed by atoms with Gasteiger partial charge < -0.3 is 29.2 Å². The maximum absolute atomic E-state index is 14.0. The van der Waals surface area contributed by atoms with Crippen LogP contribution in [0.2, 0.25) is 0 Å². The van der Waals surface area contributed by atoms with Crippen LogP contribution in [0.3, 0.4) is 0 Å². The maximum Gasteiger partial charge on any atom is 0.414 e. The van der Waals surface area contributed by atoms with E-state index in [4.69, 9.17) is 29.3 Å². The molecule has 0 amide bonds. The van der Waals surface area contributed by atoms with Crippen molar-refractivity contribution >= 4 is 17.9 Å². The first kappa shape index (κ1) is 35.4. The number of esters is 1. The fourth-order valence-electron chi connectivity index (χ4n) is 6.12. The fraction of sp³-hybridized carbons (Fsp3) is 0.471. The van der Waals surface area contributed by atoms with Crippen molar-refractivity contribution in [3.05, 3.63) is 83.7 Å². The Labute approximate surface area is 263 Å². The summed E-state index contributed by atoms with van der Waals surface area (Å²) in [5, 5.41) is 14.8. The van der Waals surface area contributed by atoms with Crippen molar-refractivity contribution in [3.8, 4) is 5.69 Å². The zero-order chi connectivity index (χ0) is 33.0.